The molecule has 2 aliphatic rings. The largest absolute Gasteiger partial charge is 0.486 e. The van der Waals surface area contributed by atoms with Crippen molar-refractivity contribution in [3.63, 3.8) is 0 Å². The van der Waals surface area contributed by atoms with Crippen LogP contribution in [0, 0.1) is 6.92 Å². The van der Waals surface area contributed by atoms with Crippen molar-refractivity contribution in [2.45, 2.75) is 31.2 Å². The molecule has 3 aromatic rings. The highest BCUT2D eigenvalue weighted by Gasteiger charge is 2.59. The lowest BCUT2D eigenvalue weighted by atomic mass is 9.80. The smallest absolute Gasteiger partial charge is 0.337 e. The predicted octanol–water partition coefficient (Wildman–Crippen LogP) is 4.20. The molecule has 0 saturated heterocycles. The number of ether oxygens (including phenoxy) is 3. The van der Waals surface area contributed by atoms with Crippen LogP contribution in [0.25, 0.3) is 0 Å². The number of nitrogens with one attached hydrogen (secondary N) is 1. The van der Waals surface area contributed by atoms with Gasteiger partial charge < -0.3 is 19.5 Å². The van der Waals surface area contributed by atoms with Crippen molar-refractivity contribution in [3.05, 3.63) is 114 Å². The van der Waals surface area contributed by atoms with E-state index in [0.717, 1.165) is 11.3 Å². The highest BCUT2D eigenvalue weighted by molar-refractivity contribution is 6.12. The summed E-state index contributed by atoms with van der Waals surface area (Å²) in [5, 5.41) is 2.84. The normalized spacial score (nSPS) is 20.8. The zero-order valence-corrected chi connectivity index (χ0v) is 20.0. The number of amides is 1. The van der Waals surface area contributed by atoms with Crippen LogP contribution in [-0.2, 0) is 25.5 Å². The molecule has 1 amide bonds. The molecule has 0 radical (unpaired) electrons. The van der Waals surface area contributed by atoms with Gasteiger partial charge in [-0.25, -0.2) is 4.79 Å². The van der Waals surface area contributed by atoms with Gasteiger partial charge >= 0.3 is 5.97 Å². The molecule has 3 atom stereocenters. The third kappa shape index (κ3) is 4.41. The topological polar surface area (TPSA) is 86.8 Å². The molecule has 182 valence electrons. The summed E-state index contributed by atoms with van der Waals surface area (Å²) in [4.78, 5) is 30.9. The Labute approximate surface area is 209 Å². The van der Waals surface area contributed by atoms with Crippen molar-refractivity contribution in [1.82, 2.24) is 4.98 Å². The van der Waals surface area contributed by atoms with Gasteiger partial charge in [0, 0.05) is 12.1 Å². The Balaban J connectivity index is 1.56. The maximum atomic E-state index is 13.4. The van der Waals surface area contributed by atoms with Crippen LogP contribution in [0.5, 0.6) is 5.75 Å². The van der Waals surface area contributed by atoms with Crippen LogP contribution in [0.2, 0.25) is 0 Å². The number of fused-ring (bicyclic) bond motifs is 2. The molecule has 0 fully saturated rings. The Kier molecular flexibility index (Phi) is 6.40. The molecular formula is C29H26N2O5. The number of aromatic nitrogens is 1. The number of benzene rings is 2. The number of esters is 1. The first-order valence-electron chi connectivity index (χ1n) is 11.7. The molecule has 1 N–H and O–H groups in total. The number of rotatable bonds is 8. The van der Waals surface area contributed by atoms with Crippen LogP contribution in [-0.4, -0.2) is 41.8 Å². The summed E-state index contributed by atoms with van der Waals surface area (Å²) in [6, 6.07) is 22.7. The van der Waals surface area contributed by atoms with E-state index in [4.69, 9.17) is 14.2 Å². The molecule has 1 aromatic heterocycles. The van der Waals surface area contributed by atoms with Crippen molar-refractivity contribution in [3.8, 4) is 5.75 Å². The minimum absolute atomic E-state index is 0.145. The van der Waals surface area contributed by atoms with E-state index < -0.39 is 29.7 Å². The minimum atomic E-state index is -1.30. The molecule has 7 nitrogen and oxygen atoms in total. The number of para-hydroxylation sites is 1. The fraction of sp³-hybridized carbons (Fsp3) is 0.207. The lowest BCUT2D eigenvalue weighted by Crippen LogP contribution is -2.48. The van der Waals surface area contributed by atoms with Gasteiger partial charge in [0.25, 0.3) is 5.91 Å². The maximum Gasteiger partial charge on any atom is 0.337 e. The van der Waals surface area contributed by atoms with Gasteiger partial charge in [-0.15, -0.1) is 0 Å². The van der Waals surface area contributed by atoms with Gasteiger partial charge in [-0.2, -0.15) is 0 Å². The van der Waals surface area contributed by atoms with Crippen molar-refractivity contribution in [1.29, 1.82) is 0 Å². The number of carbonyl (C=O) groups is 2. The van der Waals surface area contributed by atoms with Gasteiger partial charge in [-0.3, -0.25) is 9.78 Å². The predicted molar refractivity (Wildman–Crippen MR) is 134 cm³/mol. The lowest BCUT2D eigenvalue weighted by molar-refractivity contribution is -0.139. The van der Waals surface area contributed by atoms with E-state index in [1.807, 2.05) is 73.7 Å². The van der Waals surface area contributed by atoms with Crippen LogP contribution in [0.4, 0.5) is 5.69 Å². The van der Waals surface area contributed by atoms with Crippen LogP contribution in [0.1, 0.15) is 11.3 Å². The fourth-order valence-corrected chi connectivity index (χ4v) is 4.64. The number of nitrogens with zero attached hydrogens (tertiary/aromatic N) is 1. The number of anilines is 1. The SMILES string of the molecule is COC(=O)C1=C(C(=O)Nc2ccc(C)nc2)C2C=CC1(C(Cc1ccccc1)Oc1ccccc1)O2. The van der Waals surface area contributed by atoms with Gasteiger partial charge in [0.1, 0.15) is 18.0 Å². The van der Waals surface area contributed by atoms with Crippen molar-refractivity contribution >= 4 is 17.6 Å². The molecule has 2 aliphatic heterocycles. The molecule has 0 spiro atoms. The van der Waals surface area contributed by atoms with Crippen molar-refractivity contribution in [2.24, 2.45) is 0 Å². The molecule has 5 rings (SSSR count). The molecule has 36 heavy (non-hydrogen) atoms. The van der Waals surface area contributed by atoms with Crippen molar-refractivity contribution < 1.29 is 23.8 Å². The van der Waals surface area contributed by atoms with Crippen LogP contribution < -0.4 is 10.1 Å². The maximum absolute atomic E-state index is 13.4. The lowest BCUT2D eigenvalue weighted by Gasteiger charge is -2.34. The van der Waals surface area contributed by atoms with E-state index in [0.29, 0.717) is 17.9 Å². The van der Waals surface area contributed by atoms with Gasteiger partial charge in [0.05, 0.1) is 30.1 Å². The summed E-state index contributed by atoms with van der Waals surface area (Å²) in [5.74, 6) is -0.458. The number of hydrogen-bond donors (Lipinski definition) is 1. The Morgan fingerprint density at radius 3 is 2.44 bits per heavy atom. The Morgan fingerprint density at radius 1 is 1.06 bits per heavy atom. The quantitative estimate of drug-likeness (QED) is 0.383. The second-order valence-corrected chi connectivity index (χ2v) is 8.72. The summed E-state index contributed by atoms with van der Waals surface area (Å²) in [6.45, 7) is 1.86. The first-order chi connectivity index (χ1) is 17.5. The zero-order chi connectivity index (χ0) is 25.1. The summed E-state index contributed by atoms with van der Waals surface area (Å²) < 4.78 is 18.0. The standard InChI is InChI=1S/C29H26N2O5/c1-19-13-14-21(18-30-19)31-27(32)25-23-15-16-29(36-23,26(25)28(33)34-2)24(17-20-9-5-3-6-10-20)35-22-11-7-4-8-12-22/h3-16,18,23-24H,17H2,1-2H3,(H,31,32). The minimum Gasteiger partial charge on any atom is -0.486 e. The van der Waals surface area contributed by atoms with Crippen molar-refractivity contribution in [2.75, 3.05) is 12.4 Å². The molecule has 3 heterocycles. The third-order valence-electron chi connectivity index (χ3n) is 6.35. The third-order valence-corrected chi connectivity index (χ3v) is 6.35. The molecule has 0 saturated carbocycles. The molecule has 7 heteroatoms. The Morgan fingerprint density at radius 2 is 1.78 bits per heavy atom. The van der Waals surface area contributed by atoms with Crippen LogP contribution in [0.3, 0.4) is 0 Å². The number of carbonyl (C=O) groups excluding carboxylic acids is 2. The van der Waals surface area contributed by atoms with E-state index in [9.17, 15) is 9.59 Å². The zero-order valence-electron chi connectivity index (χ0n) is 20.0. The van der Waals surface area contributed by atoms with Crippen LogP contribution >= 0.6 is 0 Å². The monoisotopic (exact) mass is 482 g/mol. The molecule has 0 aliphatic carbocycles. The first-order valence-corrected chi connectivity index (χ1v) is 11.7. The van der Waals surface area contributed by atoms with Gasteiger partial charge in [0.2, 0.25) is 0 Å². The molecule has 3 unspecified atom stereocenters. The Hall–Kier alpha value is -4.23. The number of methoxy groups -OCH3 is 1. The second kappa shape index (κ2) is 9.79. The van der Waals surface area contributed by atoms with Crippen LogP contribution in [0.15, 0.2) is 102 Å². The molecule has 2 bridgehead atoms. The van der Waals surface area contributed by atoms with Gasteiger partial charge in [-0.05, 0) is 42.8 Å². The second-order valence-electron chi connectivity index (χ2n) is 8.72. The first kappa shape index (κ1) is 23.5. The van der Waals surface area contributed by atoms with E-state index in [2.05, 4.69) is 10.3 Å². The summed E-state index contributed by atoms with van der Waals surface area (Å²) in [6.07, 6.45) is 4.25. The van der Waals surface area contributed by atoms with Gasteiger partial charge in [0.15, 0.2) is 5.60 Å². The van der Waals surface area contributed by atoms with E-state index >= 15 is 0 Å². The summed E-state index contributed by atoms with van der Waals surface area (Å²) in [5.41, 5.74) is 1.40. The molecular weight excluding hydrogens is 456 g/mol. The molecule has 2 aromatic carbocycles. The highest BCUT2D eigenvalue weighted by Crippen LogP contribution is 2.47. The van der Waals surface area contributed by atoms with E-state index in [1.165, 1.54) is 7.11 Å². The van der Waals surface area contributed by atoms with E-state index in [1.54, 1.807) is 24.4 Å². The average molecular weight is 483 g/mol. The Bertz CT molecular complexity index is 1280. The summed E-state index contributed by atoms with van der Waals surface area (Å²) in [7, 11) is 1.29. The average Bonchev–Trinajstić information content (AvgIpc) is 3.49. The fourth-order valence-electron chi connectivity index (χ4n) is 4.64. The van der Waals surface area contributed by atoms with E-state index in [-0.39, 0.29) is 11.1 Å². The highest BCUT2D eigenvalue weighted by atomic mass is 16.6. The summed E-state index contributed by atoms with van der Waals surface area (Å²) >= 11 is 0. The number of hydrogen-bond acceptors (Lipinski definition) is 6. The number of aryl methyl sites for hydroxylation is 1. The number of pyridine rings is 1. The van der Waals surface area contributed by atoms with Gasteiger partial charge in [-0.1, -0.05) is 54.6 Å².